The second-order valence-corrected chi connectivity index (χ2v) is 11.0. The molecule has 3 rings (SSSR count). The Labute approximate surface area is 159 Å². The number of hydrogen-bond donors (Lipinski definition) is 0. The predicted octanol–water partition coefficient (Wildman–Crippen LogP) is 6.10. The minimum absolute atomic E-state index is 0. The summed E-state index contributed by atoms with van der Waals surface area (Å²) in [5.74, 6) is 0. The normalized spacial score (nSPS) is 24.0. The summed E-state index contributed by atoms with van der Waals surface area (Å²) in [4.78, 5) is 7.75. The van der Waals surface area contributed by atoms with E-state index in [1.807, 2.05) is 0 Å². The van der Waals surface area contributed by atoms with Crippen LogP contribution in [0, 0.1) is 7.43 Å². The van der Waals surface area contributed by atoms with E-state index in [9.17, 15) is 0 Å². The molecule has 23 heavy (non-hydrogen) atoms. The van der Waals surface area contributed by atoms with Crippen LogP contribution in [0.25, 0.3) is 0 Å². The van der Waals surface area contributed by atoms with Gasteiger partial charge in [-0.3, -0.25) is 6.79 Å². The fraction of sp³-hybridized carbons (Fsp3) is 0.900. The van der Waals surface area contributed by atoms with E-state index in [1.165, 1.54) is 17.0 Å². The number of hydrogen-bond acceptors (Lipinski definition) is 1. The van der Waals surface area contributed by atoms with E-state index in [4.69, 9.17) is 4.79 Å². The first-order valence-corrected chi connectivity index (χ1v) is 11.3. The third-order valence-corrected chi connectivity index (χ3v) is 10.8. The average Bonchev–Trinajstić information content (AvgIpc) is 2.60. The third kappa shape index (κ3) is 7.24. The Kier molecular flexibility index (Phi) is 14.4. The second-order valence-electron chi connectivity index (χ2n) is 7.50. The molecule has 136 valence electrons. The Balaban J connectivity index is 0.00000117. The standard InChI is InChI=1S/C18H33P.CHO.CH3.Ru.H/c1-4-10-16(11-5-1)19(17-12-6-2-7-13-17)18-14-8-3-9-15-18;1-2;;;/h16-18H,1-15H2;1H;1H3;;/q;2*-1;+3;/p+1. The SMILES string of the molecule is C1CCC([PH+](C2CCCCC2)C2CCCCC2)CC1.[CH-]=O.[CH3-].[RuH+3]. The van der Waals surface area contributed by atoms with Crippen molar-refractivity contribution < 1.29 is 24.3 Å². The quantitative estimate of drug-likeness (QED) is 0.230. The van der Waals surface area contributed by atoms with Crippen molar-refractivity contribution in [3.8, 4) is 0 Å². The first-order chi connectivity index (χ1) is 10.4. The Hall–Kier alpha value is 0.723. The Morgan fingerprint density at radius 3 is 0.957 bits per heavy atom. The maximum absolute atomic E-state index is 7.75. The fourth-order valence-corrected chi connectivity index (χ4v) is 10.5. The first-order valence-electron chi connectivity index (χ1n) is 9.55. The zero-order valence-corrected chi connectivity index (χ0v) is 18.1. The van der Waals surface area contributed by atoms with Crippen molar-refractivity contribution in [3.63, 3.8) is 0 Å². The summed E-state index contributed by atoms with van der Waals surface area (Å²) < 4.78 is 0. The predicted molar refractivity (Wildman–Crippen MR) is 103 cm³/mol. The van der Waals surface area contributed by atoms with E-state index in [-0.39, 0.29) is 34.8 Å². The summed E-state index contributed by atoms with van der Waals surface area (Å²) in [5, 5.41) is 0. The molecule has 0 aromatic rings. The zero-order valence-electron chi connectivity index (χ0n) is 15.2. The molecule has 3 aliphatic rings. The molecule has 0 saturated heterocycles. The Bertz CT molecular complexity index is 226. The molecule has 0 N–H and O–H groups in total. The van der Waals surface area contributed by atoms with Gasteiger partial charge in [-0.15, -0.1) is 0 Å². The molecule has 0 aromatic heterocycles. The molecule has 0 atom stereocenters. The number of rotatable bonds is 3. The van der Waals surface area contributed by atoms with E-state index in [2.05, 4.69) is 6.79 Å². The van der Waals surface area contributed by atoms with Crippen LogP contribution in [0.15, 0.2) is 0 Å². The summed E-state index contributed by atoms with van der Waals surface area (Å²) in [5.41, 5.74) is 3.68. The van der Waals surface area contributed by atoms with Gasteiger partial charge in [-0.2, -0.15) is 0 Å². The third-order valence-electron chi connectivity index (χ3n) is 6.23. The molecule has 0 aromatic carbocycles. The molecule has 3 saturated carbocycles. The van der Waals surface area contributed by atoms with Crippen LogP contribution in [0.4, 0.5) is 0 Å². The van der Waals surface area contributed by atoms with Gasteiger partial charge in [0.05, 0.1) is 17.0 Å². The van der Waals surface area contributed by atoms with Crippen molar-refractivity contribution in [3.05, 3.63) is 7.43 Å². The van der Waals surface area contributed by atoms with Crippen LogP contribution in [0.3, 0.4) is 0 Å². The van der Waals surface area contributed by atoms with Crippen molar-refractivity contribution in [1.82, 2.24) is 0 Å². The molecular weight excluding hydrogens is 388 g/mol. The fourth-order valence-electron chi connectivity index (χ4n) is 5.31. The molecule has 0 spiro atoms. The van der Waals surface area contributed by atoms with Gasteiger partial charge < -0.3 is 12.2 Å². The van der Waals surface area contributed by atoms with Crippen molar-refractivity contribution in [2.24, 2.45) is 0 Å². The van der Waals surface area contributed by atoms with E-state index >= 15 is 0 Å². The van der Waals surface area contributed by atoms with Gasteiger partial charge in [0.1, 0.15) is 0 Å². The summed E-state index contributed by atoms with van der Waals surface area (Å²) in [6, 6.07) is 0. The zero-order chi connectivity index (χ0) is 14.9. The molecule has 3 heteroatoms. The van der Waals surface area contributed by atoms with Crippen molar-refractivity contribution in [1.29, 1.82) is 0 Å². The van der Waals surface area contributed by atoms with Gasteiger partial charge >= 0.3 is 19.5 Å². The van der Waals surface area contributed by atoms with Gasteiger partial charge in [-0.1, -0.05) is 19.3 Å². The van der Waals surface area contributed by atoms with Crippen molar-refractivity contribution >= 4 is 14.7 Å². The van der Waals surface area contributed by atoms with Crippen molar-refractivity contribution in [2.75, 3.05) is 0 Å². The van der Waals surface area contributed by atoms with Crippen LogP contribution in [0.2, 0.25) is 0 Å². The summed E-state index contributed by atoms with van der Waals surface area (Å²) in [6.45, 7) is 3.25. The van der Waals surface area contributed by atoms with Crippen LogP contribution in [-0.2, 0) is 24.3 Å². The van der Waals surface area contributed by atoms with Gasteiger partial charge in [-0.05, 0) is 77.0 Å². The second kappa shape index (κ2) is 14.0. The number of carbonyl (C=O) groups excluding carboxylic acids is 1. The first kappa shape index (κ1) is 23.7. The molecule has 0 aliphatic heterocycles. The Morgan fingerprint density at radius 1 is 0.522 bits per heavy atom. The average molecular weight is 428 g/mol. The van der Waals surface area contributed by atoms with Crippen LogP contribution in [0.1, 0.15) is 96.3 Å². The summed E-state index contributed by atoms with van der Waals surface area (Å²) in [7, 11) is -0.0465. The van der Waals surface area contributed by atoms with Gasteiger partial charge in [0.2, 0.25) is 0 Å². The molecule has 0 unspecified atom stereocenters. The van der Waals surface area contributed by atoms with Gasteiger partial charge in [-0.25, -0.2) is 0 Å². The maximum atomic E-state index is 7.75. The molecule has 0 heterocycles. The van der Waals surface area contributed by atoms with Crippen LogP contribution in [0.5, 0.6) is 0 Å². The van der Waals surface area contributed by atoms with E-state index in [0.29, 0.717) is 0 Å². The van der Waals surface area contributed by atoms with Gasteiger partial charge in [0.25, 0.3) is 0 Å². The topological polar surface area (TPSA) is 17.1 Å². The molecule has 3 fully saturated rings. The molecule has 1 nitrogen and oxygen atoms in total. The Morgan fingerprint density at radius 2 is 0.739 bits per heavy atom. The molecule has 3 aliphatic carbocycles. The van der Waals surface area contributed by atoms with E-state index in [1.54, 1.807) is 96.3 Å². The van der Waals surface area contributed by atoms with Gasteiger partial charge in [0, 0.05) is 7.92 Å². The van der Waals surface area contributed by atoms with Crippen LogP contribution >= 0.6 is 7.92 Å². The van der Waals surface area contributed by atoms with E-state index in [0.717, 1.165) is 0 Å². The summed E-state index contributed by atoms with van der Waals surface area (Å²) >= 11 is 0. The molecule has 0 bridgehead atoms. The van der Waals surface area contributed by atoms with E-state index < -0.39 is 0 Å². The summed E-state index contributed by atoms with van der Waals surface area (Å²) in [6.07, 6.45) is 23.8. The van der Waals surface area contributed by atoms with Crippen LogP contribution in [-0.4, -0.2) is 23.8 Å². The molecule has 1 radical (unpaired) electrons. The minimum atomic E-state index is -0.0465. The van der Waals surface area contributed by atoms with Crippen LogP contribution < -0.4 is 0 Å². The molecule has 0 amide bonds. The van der Waals surface area contributed by atoms with Crippen molar-refractivity contribution in [2.45, 2.75) is 113 Å². The monoisotopic (exact) mass is 428 g/mol. The molecular formula is C20H39OPRu+2. The van der Waals surface area contributed by atoms with Gasteiger partial charge in [0.15, 0.2) is 0 Å².